The molecule has 1 aromatic rings. The van der Waals surface area contributed by atoms with Gasteiger partial charge in [0.05, 0.1) is 5.92 Å². The Hall–Kier alpha value is -1.55. The van der Waals surface area contributed by atoms with E-state index in [-0.39, 0.29) is 17.9 Å². The van der Waals surface area contributed by atoms with Crippen molar-refractivity contribution in [2.24, 2.45) is 11.7 Å². The van der Waals surface area contributed by atoms with E-state index in [0.717, 1.165) is 30.6 Å². The van der Waals surface area contributed by atoms with E-state index < -0.39 is 0 Å². The molecule has 2 atom stereocenters. The zero-order valence-corrected chi connectivity index (χ0v) is 11.4. The summed E-state index contributed by atoms with van der Waals surface area (Å²) < 4.78 is 5.64. The summed E-state index contributed by atoms with van der Waals surface area (Å²) in [5.74, 6) is 0.842. The van der Waals surface area contributed by atoms with Crippen LogP contribution in [-0.2, 0) is 11.2 Å². The molecular weight excluding hydrogens is 240 g/mol. The molecule has 1 amide bonds. The number of hydrogen-bond acceptors (Lipinski definition) is 3. The number of nitrogens with two attached hydrogens (primary N) is 1. The lowest BCUT2D eigenvalue weighted by atomic mass is 9.95. The third-order valence-corrected chi connectivity index (χ3v) is 3.52. The van der Waals surface area contributed by atoms with Crippen molar-refractivity contribution in [3.8, 4) is 5.75 Å². The molecule has 0 saturated heterocycles. The molecule has 0 fully saturated rings. The maximum Gasteiger partial charge on any atom is 0.227 e. The molecule has 104 valence electrons. The highest BCUT2D eigenvalue weighted by atomic mass is 16.5. The fraction of sp³-hybridized carbons (Fsp3) is 0.533. The summed E-state index contributed by atoms with van der Waals surface area (Å²) >= 11 is 0. The van der Waals surface area contributed by atoms with E-state index in [9.17, 15) is 4.79 Å². The lowest BCUT2D eigenvalue weighted by Gasteiger charge is -2.26. The Morgan fingerprint density at radius 1 is 1.53 bits per heavy atom. The third kappa shape index (κ3) is 3.47. The third-order valence-electron chi connectivity index (χ3n) is 3.52. The van der Waals surface area contributed by atoms with E-state index in [1.807, 2.05) is 24.3 Å². The first-order valence-corrected chi connectivity index (χ1v) is 6.95. The number of fused-ring (bicyclic) bond motifs is 1. The highest BCUT2D eigenvalue weighted by Gasteiger charge is 2.26. The standard InChI is InChI=1S/C15H22N2O2/c1-2-5-13(9-16)17-15(18)12-8-11-6-3-4-7-14(11)19-10-12/h3-4,6-7,12-13H,2,5,8-10,16H2,1H3,(H,17,18). The summed E-state index contributed by atoms with van der Waals surface area (Å²) in [5.41, 5.74) is 6.77. The van der Waals surface area contributed by atoms with Crippen LogP contribution in [0.15, 0.2) is 24.3 Å². The first kappa shape index (κ1) is 13.9. The fourth-order valence-corrected chi connectivity index (χ4v) is 2.41. The number of rotatable bonds is 5. The number of amides is 1. The zero-order chi connectivity index (χ0) is 13.7. The smallest absolute Gasteiger partial charge is 0.227 e. The van der Waals surface area contributed by atoms with Gasteiger partial charge in [0.25, 0.3) is 0 Å². The van der Waals surface area contributed by atoms with Crippen LogP contribution < -0.4 is 15.8 Å². The lowest BCUT2D eigenvalue weighted by molar-refractivity contribution is -0.127. The SMILES string of the molecule is CCCC(CN)NC(=O)C1COc2ccccc2C1. The molecule has 1 heterocycles. The van der Waals surface area contributed by atoms with Gasteiger partial charge in [-0.05, 0) is 24.5 Å². The van der Waals surface area contributed by atoms with Crippen molar-refractivity contribution in [2.75, 3.05) is 13.2 Å². The predicted molar refractivity (Wildman–Crippen MR) is 75.0 cm³/mol. The molecule has 0 aromatic heterocycles. The number of para-hydroxylation sites is 1. The van der Waals surface area contributed by atoms with Gasteiger partial charge in [-0.1, -0.05) is 31.5 Å². The quantitative estimate of drug-likeness (QED) is 0.845. The summed E-state index contributed by atoms with van der Waals surface area (Å²) in [4.78, 5) is 12.2. The Morgan fingerprint density at radius 3 is 3.05 bits per heavy atom. The van der Waals surface area contributed by atoms with Gasteiger partial charge in [0.15, 0.2) is 0 Å². The summed E-state index contributed by atoms with van der Waals surface area (Å²) in [6.45, 7) is 3.03. The minimum Gasteiger partial charge on any atom is -0.492 e. The summed E-state index contributed by atoms with van der Waals surface area (Å²) in [7, 11) is 0. The Labute approximate surface area is 114 Å². The summed E-state index contributed by atoms with van der Waals surface area (Å²) in [6.07, 6.45) is 2.68. The molecule has 2 rings (SSSR count). The minimum absolute atomic E-state index is 0.0541. The maximum atomic E-state index is 12.2. The van der Waals surface area contributed by atoms with Crippen molar-refractivity contribution in [3.63, 3.8) is 0 Å². The zero-order valence-electron chi connectivity index (χ0n) is 11.4. The van der Waals surface area contributed by atoms with Gasteiger partial charge >= 0.3 is 0 Å². The van der Waals surface area contributed by atoms with Crippen molar-refractivity contribution in [1.29, 1.82) is 0 Å². The van der Waals surface area contributed by atoms with Gasteiger partial charge in [0, 0.05) is 12.6 Å². The summed E-state index contributed by atoms with van der Waals surface area (Å²) in [5, 5.41) is 3.02. The van der Waals surface area contributed by atoms with E-state index in [0.29, 0.717) is 13.2 Å². The normalized spacial score (nSPS) is 19.2. The molecule has 1 aromatic carbocycles. The van der Waals surface area contributed by atoms with E-state index in [2.05, 4.69) is 12.2 Å². The largest absolute Gasteiger partial charge is 0.492 e. The molecule has 4 heteroatoms. The Bertz CT molecular complexity index is 434. The molecule has 1 aliphatic rings. The van der Waals surface area contributed by atoms with E-state index in [1.165, 1.54) is 0 Å². The Morgan fingerprint density at radius 2 is 2.32 bits per heavy atom. The van der Waals surface area contributed by atoms with E-state index in [4.69, 9.17) is 10.5 Å². The first-order chi connectivity index (χ1) is 9.24. The number of ether oxygens (including phenoxy) is 1. The van der Waals surface area contributed by atoms with Crippen LogP contribution in [0, 0.1) is 5.92 Å². The second kappa shape index (κ2) is 6.57. The maximum absolute atomic E-state index is 12.2. The monoisotopic (exact) mass is 262 g/mol. The van der Waals surface area contributed by atoms with Gasteiger partial charge in [-0.25, -0.2) is 0 Å². The Kier molecular flexibility index (Phi) is 4.80. The molecule has 19 heavy (non-hydrogen) atoms. The number of nitrogens with one attached hydrogen (secondary N) is 1. The number of benzene rings is 1. The van der Waals surface area contributed by atoms with Gasteiger partial charge < -0.3 is 15.8 Å². The second-order valence-electron chi connectivity index (χ2n) is 5.05. The fourth-order valence-electron chi connectivity index (χ4n) is 2.41. The molecular formula is C15H22N2O2. The molecule has 3 N–H and O–H groups in total. The molecule has 0 saturated carbocycles. The molecule has 0 radical (unpaired) electrons. The molecule has 0 bridgehead atoms. The minimum atomic E-state index is -0.110. The van der Waals surface area contributed by atoms with Crippen molar-refractivity contribution in [2.45, 2.75) is 32.2 Å². The molecule has 4 nitrogen and oxygen atoms in total. The molecule has 2 unspecified atom stereocenters. The lowest BCUT2D eigenvalue weighted by Crippen LogP contribution is -2.45. The van der Waals surface area contributed by atoms with Gasteiger partial charge in [-0.3, -0.25) is 4.79 Å². The van der Waals surface area contributed by atoms with Crippen LogP contribution in [0.1, 0.15) is 25.3 Å². The van der Waals surface area contributed by atoms with Gasteiger partial charge in [-0.15, -0.1) is 0 Å². The Balaban J connectivity index is 1.95. The van der Waals surface area contributed by atoms with E-state index in [1.54, 1.807) is 0 Å². The average Bonchev–Trinajstić information content (AvgIpc) is 2.46. The van der Waals surface area contributed by atoms with Crippen LogP contribution in [0.4, 0.5) is 0 Å². The average molecular weight is 262 g/mol. The number of carbonyl (C=O) groups excluding carboxylic acids is 1. The van der Waals surface area contributed by atoms with Crippen LogP contribution in [-0.4, -0.2) is 25.1 Å². The highest BCUT2D eigenvalue weighted by molar-refractivity contribution is 5.79. The molecule has 0 aliphatic carbocycles. The van der Waals surface area contributed by atoms with Crippen LogP contribution in [0.2, 0.25) is 0 Å². The predicted octanol–water partition coefficient (Wildman–Crippen LogP) is 1.48. The van der Waals surface area contributed by atoms with Crippen LogP contribution in [0.5, 0.6) is 5.75 Å². The number of hydrogen-bond donors (Lipinski definition) is 2. The van der Waals surface area contributed by atoms with E-state index >= 15 is 0 Å². The number of carbonyl (C=O) groups is 1. The topological polar surface area (TPSA) is 64.3 Å². The molecule has 1 aliphatic heterocycles. The van der Waals surface area contributed by atoms with Crippen LogP contribution in [0.25, 0.3) is 0 Å². The summed E-state index contributed by atoms with van der Waals surface area (Å²) in [6, 6.07) is 7.96. The van der Waals surface area contributed by atoms with Gasteiger partial charge in [-0.2, -0.15) is 0 Å². The van der Waals surface area contributed by atoms with Gasteiger partial charge in [0.1, 0.15) is 12.4 Å². The second-order valence-corrected chi connectivity index (χ2v) is 5.05. The molecule has 0 spiro atoms. The van der Waals surface area contributed by atoms with Crippen molar-refractivity contribution in [1.82, 2.24) is 5.32 Å². The highest BCUT2D eigenvalue weighted by Crippen LogP contribution is 2.26. The van der Waals surface area contributed by atoms with Crippen LogP contribution in [0.3, 0.4) is 0 Å². The van der Waals surface area contributed by atoms with Crippen molar-refractivity contribution in [3.05, 3.63) is 29.8 Å². The van der Waals surface area contributed by atoms with Crippen molar-refractivity contribution >= 4 is 5.91 Å². The van der Waals surface area contributed by atoms with Crippen LogP contribution >= 0.6 is 0 Å². The first-order valence-electron chi connectivity index (χ1n) is 6.95. The van der Waals surface area contributed by atoms with Gasteiger partial charge in [0.2, 0.25) is 5.91 Å². The van der Waals surface area contributed by atoms with Crippen molar-refractivity contribution < 1.29 is 9.53 Å².